The second-order valence-corrected chi connectivity index (χ2v) is 4.73. The maximum absolute atomic E-state index is 12.2. The van der Waals surface area contributed by atoms with E-state index in [1.54, 1.807) is 54.6 Å². The van der Waals surface area contributed by atoms with Crippen molar-refractivity contribution in [3.05, 3.63) is 60.2 Å². The lowest BCUT2D eigenvalue weighted by Gasteiger charge is -2.17. The number of aliphatic carboxylic acids is 1. The summed E-state index contributed by atoms with van der Waals surface area (Å²) in [5, 5.41) is 12.2. The minimum absolute atomic E-state index is 0.141. The molecule has 0 saturated carbocycles. The molecule has 2 aromatic rings. The predicted octanol–water partition coefficient (Wildman–Crippen LogP) is 2.83. The van der Waals surface area contributed by atoms with E-state index < -0.39 is 12.0 Å². The Morgan fingerprint density at radius 1 is 1.09 bits per heavy atom. The van der Waals surface area contributed by atoms with Crippen molar-refractivity contribution < 1.29 is 19.4 Å². The van der Waals surface area contributed by atoms with Crippen LogP contribution in [0.5, 0.6) is 5.75 Å². The van der Waals surface area contributed by atoms with E-state index in [2.05, 4.69) is 5.32 Å². The SMILES string of the molecule is COc1ccccc1NC(CC(=O)c1ccccc1)C(=O)O. The van der Waals surface area contributed by atoms with Crippen molar-refractivity contribution in [3.63, 3.8) is 0 Å². The molecule has 0 saturated heterocycles. The Labute approximate surface area is 128 Å². The molecule has 0 aliphatic heterocycles. The van der Waals surface area contributed by atoms with Gasteiger partial charge in [-0.3, -0.25) is 4.79 Å². The van der Waals surface area contributed by atoms with Gasteiger partial charge in [0.2, 0.25) is 0 Å². The highest BCUT2D eigenvalue weighted by molar-refractivity contribution is 5.99. The minimum Gasteiger partial charge on any atom is -0.495 e. The molecule has 0 spiro atoms. The summed E-state index contributed by atoms with van der Waals surface area (Å²) in [5.74, 6) is -0.786. The Morgan fingerprint density at radius 2 is 1.73 bits per heavy atom. The zero-order chi connectivity index (χ0) is 15.9. The first-order valence-electron chi connectivity index (χ1n) is 6.82. The van der Waals surface area contributed by atoms with Gasteiger partial charge in [0.05, 0.1) is 12.8 Å². The Kier molecular flexibility index (Phi) is 5.14. The fraction of sp³-hybridized carbons (Fsp3) is 0.176. The van der Waals surface area contributed by atoms with E-state index in [4.69, 9.17) is 4.74 Å². The molecule has 0 fully saturated rings. The number of nitrogens with one attached hydrogen (secondary N) is 1. The second-order valence-electron chi connectivity index (χ2n) is 4.73. The molecule has 0 aliphatic rings. The van der Waals surface area contributed by atoms with Gasteiger partial charge in [0, 0.05) is 12.0 Å². The zero-order valence-corrected chi connectivity index (χ0v) is 12.2. The molecule has 2 aromatic carbocycles. The normalized spacial score (nSPS) is 11.5. The minimum atomic E-state index is -1.09. The van der Waals surface area contributed by atoms with Crippen molar-refractivity contribution >= 4 is 17.4 Å². The molecule has 1 atom stereocenters. The van der Waals surface area contributed by atoms with E-state index in [0.29, 0.717) is 17.0 Å². The highest BCUT2D eigenvalue weighted by atomic mass is 16.5. The van der Waals surface area contributed by atoms with Crippen LogP contribution in [0.25, 0.3) is 0 Å². The standard InChI is InChI=1S/C17H17NO4/c1-22-16-10-6-5-9-13(16)18-14(17(20)21)11-15(19)12-7-3-2-4-8-12/h2-10,14,18H,11H2,1H3,(H,20,21). The molecule has 1 unspecified atom stereocenters. The first kappa shape index (κ1) is 15.6. The van der Waals surface area contributed by atoms with Gasteiger partial charge in [-0.25, -0.2) is 4.79 Å². The Balaban J connectivity index is 2.14. The molecule has 0 amide bonds. The van der Waals surface area contributed by atoms with Gasteiger partial charge >= 0.3 is 5.97 Å². The summed E-state index contributed by atoms with van der Waals surface area (Å²) >= 11 is 0. The summed E-state index contributed by atoms with van der Waals surface area (Å²) in [4.78, 5) is 23.6. The Bertz CT molecular complexity index is 655. The molecule has 2 N–H and O–H groups in total. The number of rotatable bonds is 7. The first-order valence-corrected chi connectivity index (χ1v) is 6.82. The van der Waals surface area contributed by atoms with E-state index >= 15 is 0 Å². The lowest BCUT2D eigenvalue weighted by molar-refractivity contribution is -0.137. The largest absolute Gasteiger partial charge is 0.495 e. The van der Waals surface area contributed by atoms with E-state index in [1.165, 1.54) is 7.11 Å². The van der Waals surface area contributed by atoms with E-state index in [0.717, 1.165) is 0 Å². The van der Waals surface area contributed by atoms with Gasteiger partial charge in [-0.15, -0.1) is 0 Å². The van der Waals surface area contributed by atoms with E-state index in [-0.39, 0.29) is 12.2 Å². The van der Waals surface area contributed by atoms with Crippen molar-refractivity contribution in [2.75, 3.05) is 12.4 Å². The number of hydrogen-bond donors (Lipinski definition) is 2. The van der Waals surface area contributed by atoms with Crippen LogP contribution in [0.15, 0.2) is 54.6 Å². The maximum Gasteiger partial charge on any atom is 0.326 e. The number of carbonyl (C=O) groups excluding carboxylic acids is 1. The van der Waals surface area contributed by atoms with Gasteiger partial charge < -0.3 is 15.2 Å². The third-order valence-corrected chi connectivity index (χ3v) is 3.22. The highest BCUT2D eigenvalue weighted by Gasteiger charge is 2.22. The average molecular weight is 299 g/mol. The highest BCUT2D eigenvalue weighted by Crippen LogP contribution is 2.24. The maximum atomic E-state index is 12.2. The topological polar surface area (TPSA) is 75.6 Å². The number of carboxylic acid groups (broad SMARTS) is 1. The number of ether oxygens (including phenoxy) is 1. The molecule has 114 valence electrons. The number of para-hydroxylation sites is 2. The average Bonchev–Trinajstić information content (AvgIpc) is 2.55. The lowest BCUT2D eigenvalue weighted by Crippen LogP contribution is -2.32. The van der Waals surface area contributed by atoms with Gasteiger partial charge in [0.15, 0.2) is 5.78 Å². The smallest absolute Gasteiger partial charge is 0.326 e. The summed E-state index contributed by atoms with van der Waals surface area (Å²) in [5.41, 5.74) is 1.04. The van der Waals surface area contributed by atoms with Crippen LogP contribution < -0.4 is 10.1 Å². The number of carboxylic acids is 1. The Hall–Kier alpha value is -2.82. The molecule has 5 heteroatoms. The summed E-state index contributed by atoms with van der Waals surface area (Å²) in [6.07, 6.45) is -0.141. The molecule has 22 heavy (non-hydrogen) atoms. The number of hydrogen-bond acceptors (Lipinski definition) is 4. The number of methoxy groups -OCH3 is 1. The molecule has 0 aliphatic carbocycles. The first-order chi connectivity index (χ1) is 10.6. The molecule has 2 rings (SSSR count). The van der Waals surface area contributed by atoms with Crippen LogP contribution in [0.4, 0.5) is 5.69 Å². The van der Waals surface area contributed by atoms with Crippen LogP contribution in [-0.4, -0.2) is 30.0 Å². The lowest BCUT2D eigenvalue weighted by atomic mass is 10.0. The molecule has 0 radical (unpaired) electrons. The number of carbonyl (C=O) groups is 2. The predicted molar refractivity (Wildman–Crippen MR) is 83.4 cm³/mol. The number of anilines is 1. The van der Waals surface area contributed by atoms with E-state index in [9.17, 15) is 14.7 Å². The molecule has 0 heterocycles. The number of Topliss-reactive ketones (excluding diaryl/α,β-unsaturated/α-hetero) is 1. The number of ketones is 1. The van der Waals surface area contributed by atoms with Crippen LogP contribution in [0.2, 0.25) is 0 Å². The van der Waals surface area contributed by atoms with Crippen LogP contribution >= 0.6 is 0 Å². The van der Waals surface area contributed by atoms with E-state index in [1.807, 2.05) is 0 Å². The van der Waals surface area contributed by atoms with Gasteiger partial charge in [0.25, 0.3) is 0 Å². The second kappa shape index (κ2) is 7.26. The summed E-state index contributed by atoms with van der Waals surface area (Å²) in [7, 11) is 1.51. The number of benzene rings is 2. The zero-order valence-electron chi connectivity index (χ0n) is 12.2. The van der Waals surface area contributed by atoms with Crippen LogP contribution in [0.3, 0.4) is 0 Å². The van der Waals surface area contributed by atoms with Crippen molar-refractivity contribution in [3.8, 4) is 5.75 Å². The third-order valence-electron chi connectivity index (χ3n) is 3.22. The summed E-state index contributed by atoms with van der Waals surface area (Å²) in [6, 6.07) is 14.6. The van der Waals surface area contributed by atoms with Crippen molar-refractivity contribution in [2.45, 2.75) is 12.5 Å². The van der Waals surface area contributed by atoms with Gasteiger partial charge in [-0.2, -0.15) is 0 Å². The molecular formula is C17H17NO4. The van der Waals surface area contributed by atoms with Crippen molar-refractivity contribution in [1.29, 1.82) is 0 Å². The van der Waals surface area contributed by atoms with Gasteiger partial charge in [-0.1, -0.05) is 42.5 Å². The monoisotopic (exact) mass is 299 g/mol. The van der Waals surface area contributed by atoms with Crippen LogP contribution in [0.1, 0.15) is 16.8 Å². The molecule has 0 aromatic heterocycles. The quantitative estimate of drug-likeness (QED) is 0.769. The van der Waals surface area contributed by atoms with Crippen LogP contribution in [-0.2, 0) is 4.79 Å². The Morgan fingerprint density at radius 3 is 2.36 bits per heavy atom. The fourth-order valence-corrected chi connectivity index (χ4v) is 2.08. The van der Waals surface area contributed by atoms with Crippen LogP contribution in [0, 0.1) is 0 Å². The summed E-state index contributed by atoms with van der Waals surface area (Å²) < 4.78 is 5.18. The summed E-state index contributed by atoms with van der Waals surface area (Å²) in [6.45, 7) is 0. The third kappa shape index (κ3) is 3.85. The molecular weight excluding hydrogens is 282 g/mol. The molecule has 0 bridgehead atoms. The van der Waals surface area contributed by atoms with Crippen molar-refractivity contribution in [2.24, 2.45) is 0 Å². The molecule has 5 nitrogen and oxygen atoms in total. The van der Waals surface area contributed by atoms with Gasteiger partial charge in [-0.05, 0) is 12.1 Å². The van der Waals surface area contributed by atoms with Crippen molar-refractivity contribution in [1.82, 2.24) is 0 Å². The fourth-order valence-electron chi connectivity index (χ4n) is 2.08. The van der Waals surface area contributed by atoms with Gasteiger partial charge in [0.1, 0.15) is 11.8 Å².